The van der Waals surface area contributed by atoms with Crippen molar-refractivity contribution in [2.24, 2.45) is 0 Å². The Bertz CT molecular complexity index is 421. The monoisotopic (exact) mass is 243 g/mol. The highest BCUT2D eigenvalue weighted by atomic mass is 32.2. The zero-order valence-electron chi connectivity index (χ0n) is 9.31. The molecule has 0 amide bonds. The molecule has 1 atom stereocenters. The topological polar surface area (TPSA) is 65.2 Å². The summed E-state index contributed by atoms with van der Waals surface area (Å²) in [5.74, 6) is 0. The van der Waals surface area contributed by atoms with E-state index in [-0.39, 0.29) is 6.04 Å². The van der Waals surface area contributed by atoms with Gasteiger partial charge in [-0.2, -0.15) is 4.31 Å². The van der Waals surface area contributed by atoms with Crippen molar-refractivity contribution >= 4 is 10.0 Å². The number of aromatic amines is 1. The number of nitrogens with one attached hydrogen (secondary N) is 2. The van der Waals surface area contributed by atoms with Gasteiger partial charge in [-0.3, -0.25) is 0 Å². The van der Waals surface area contributed by atoms with Crippen molar-refractivity contribution in [3.05, 3.63) is 18.5 Å². The predicted octanol–water partition coefficient (Wildman–Crippen LogP) is 0.387. The molecule has 1 aromatic rings. The van der Waals surface area contributed by atoms with Crippen molar-refractivity contribution < 1.29 is 8.42 Å². The maximum absolute atomic E-state index is 12.2. The van der Waals surface area contributed by atoms with Crippen LogP contribution in [0.25, 0.3) is 0 Å². The molecular weight excluding hydrogens is 226 g/mol. The van der Waals surface area contributed by atoms with Crippen LogP contribution in [0, 0.1) is 0 Å². The van der Waals surface area contributed by atoms with Gasteiger partial charge in [0.25, 0.3) is 0 Å². The lowest BCUT2D eigenvalue weighted by atomic mass is 10.1. The molecule has 2 N–H and O–H groups in total. The summed E-state index contributed by atoms with van der Waals surface area (Å²) in [4.78, 5) is 3.11. The summed E-state index contributed by atoms with van der Waals surface area (Å²) in [5, 5.41) is 3.22. The van der Waals surface area contributed by atoms with E-state index in [1.165, 1.54) is 10.5 Å². The van der Waals surface area contributed by atoms with Crippen molar-refractivity contribution in [1.82, 2.24) is 14.6 Å². The van der Waals surface area contributed by atoms with E-state index < -0.39 is 10.0 Å². The highest BCUT2D eigenvalue weighted by Gasteiger charge is 2.28. The van der Waals surface area contributed by atoms with Crippen molar-refractivity contribution in [2.75, 3.05) is 20.1 Å². The fourth-order valence-corrected chi connectivity index (χ4v) is 3.34. The first-order valence-corrected chi connectivity index (χ1v) is 6.88. The average Bonchev–Trinajstić information content (AvgIpc) is 2.83. The number of piperidine rings is 1. The minimum absolute atomic E-state index is 0.0636. The maximum atomic E-state index is 12.2. The van der Waals surface area contributed by atoms with Gasteiger partial charge < -0.3 is 10.3 Å². The SMILES string of the molecule is CN(C1CCCNC1)S(=O)(=O)c1cc[nH]c1. The van der Waals surface area contributed by atoms with E-state index in [1.807, 2.05) is 0 Å². The number of aromatic nitrogens is 1. The summed E-state index contributed by atoms with van der Waals surface area (Å²) in [5.41, 5.74) is 0. The zero-order chi connectivity index (χ0) is 11.6. The zero-order valence-corrected chi connectivity index (χ0v) is 10.1. The van der Waals surface area contributed by atoms with E-state index in [0.717, 1.165) is 25.9 Å². The van der Waals surface area contributed by atoms with Crippen molar-refractivity contribution in [1.29, 1.82) is 0 Å². The summed E-state index contributed by atoms with van der Waals surface area (Å²) in [6, 6.07) is 1.65. The van der Waals surface area contributed by atoms with Crippen molar-refractivity contribution in [3.8, 4) is 0 Å². The largest absolute Gasteiger partial charge is 0.366 e. The van der Waals surface area contributed by atoms with Crippen LogP contribution in [0.3, 0.4) is 0 Å². The average molecular weight is 243 g/mol. The highest BCUT2D eigenvalue weighted by Crippen LogP contribution is 2.18. The number of hydrogen-bond donors (Lipinski definition) is 2. The smallest absolute Gasteiger partial charge is 0.244 e. The van der Waals surface area contributed by atoms with Gasteiger partial charge in [-0.15, -0.1) is 0 Å². The van der Waals surface area contributed by atoms with Crippen LogP contribution < -0.4 is 5.32 Å². The number of likely N-dealkylation sites (N-methyl/N-ethyl adjacent to an activating group) is 1. The Kier molecular flexibility index (Phi) is 3.32. The molecule has 1 aromatic heterocycles. The number of sulfonamides is 1. The quantitative estimate of drug-likeness (QED) is 0.807. The molecule has 2 heterocycles. The first-order valence-electron chi connectivity index (χ1n) is 5.44. The number of hydrogen-bond acceptors (Lipinski definition) is 3. The number of nitrogens with zero attached hydrogens (tertiary/aromatic N) is 1. The van der Waals surface area contributed by atoms with Gasteiger partial charge in [0, 0.05) is 32.0 Å². The van der Waals surface area contributed by atoms with Gasteiger partial charge in [-0.1, -0.05) is 0 Å². The molecule has 0 saturated carbocycles. The fourth-order valence-electron chi connectivity index (χ4n) is 1.98. The molecule has 0 radical (unpaired) electrons. The third-order valence-corrected chi connectivity index (χ3v) is 4.94. The molecule has 0 spiro atoms. The molecule has 0 bridgehead atoms. The summed E-state index contributed by atoms with van der Waals surface area (Å²) < 4.78 is 25.8. The lowest BCUT2D eigenvalue weighted by Crippen LogP contribution is -2.46. The van der Waals surface area contributed by atoms with Crippen LogP contribution in [0.1, 0.15) is 12.8 Å². The molecule has 6 heteroatoms. The normalized spacial score (nSPS) is 22.5. The summed E-state index contributed by atoms with van der Waals surface area (Å²) >= 11 is 0. The predicted molar refractivity (Wildman–Crippen MR) is 61.6 cm³/mol. The van der Waals surface area contributed by atoms with Gasteiger partial charge in [-0.25, -0.2) is 8.42 Å². The Morgan fingerprint density at radius 1 is 1.50 bits per heavy atom. The van der Waals surface area contributed by atoms with Gasteiger partial charge in [0.05, 0.1) is 4.90 Å². The Hall–Kier alpha value is -0.850. The van der Waals surface area contributed by atoms with Gasteiger partial charge in [-0.05, 0) is 25.5 Å². The number of rotatable bonds is 3. The van der Waals surface area contributed by atoms with E-state index >= 15 is 0 Å². The fraction of sp³-hybridized carbons (Fsp3) is 0.600. The van der Waals surface area contributed by atoms with Crippen LogP contribution in [-0.2, 0) is 10.0 Å². The summed E-state index contributed by atoms with van der Waals surface area (Å²) in [7, 11) is -1.68. The van der Waals surface area contributed by atoms with Gasteiger partial charge in [0.15, 0.2) is 0 Å². The molecule has 1 aliphatic heterocycles. The van der Waals surface area contributed by atoms with E-state index in [1.54, 1.807) is 19.3 Å². The van der Waals surface area contributed by atoms with Crippen LogP contribution in [0.2, 0.25) is 0 Å². The molecule has 0 aliphatic carbocycles. The summed E-state index contributed by atoms with van der Waals surface area (Å²) in [6.07, 6.45) is 5.09. The van der Waals surface area contributed by atoms with E-state index in [0.29, 0.717) is 4.90 Å². The molecule has 2 rings (SSSR count). The second kappa shape index (κ2) is 4.57. The third-order valence-electron chi connectivity index (χ3n) is 3.03. The van der Waals surface area contributed by atoms with Gasteiger partial charge >= 0.3 is 0 Å². The first kappa shape index (κ1) is 11.6. The van der Waals surface area contributed by atoms with Crippen molar-refractivity contribution in [3.63, 3.8) is 0 Å². The first-order chi connectivity index (χ1) is 7.62. The molecule has 5 nitrogen and oxygen atoms in total. The van der Waals surface area contributed by atoms with E-state index in [2.05, 4.69) is 10.3 Å². The molecule has 1 aliphatic rings. The second-order valence-electron chi connectivity index (χ2n) is 4.07. The molecule has 1 fully saturated rings. The molecule has 90 valence electrons. The standard InChI is InChI=1S/C10H17N3O2S/c1-13(9-3-2-5-11-7-9)16(14,15)10-4-6-12-8-10/h4,6,8-9,11-12H,2-3,5,7H2,1H3. The van der Waals surface area contributed by atoms with Gasteiger partial charge in [0.1, 0.15) is 0 Å². The van der Waals surface area contributed by atoms with Gasteiger partial charge in [0.2, 0.25) is 10.0 Å². The Labute approximate surface area is 95.9 Å². The third kappa shape index (κ3) is 2.14. The minimum Gasteiger partial charge on any atom is -0.366 e. The number of H-pyrrole nitrogens is 1. The maximum Gasteiger partial charge on any atom is 0.244 e. The lowest BCUT2D eigenvalue weighted by Gasteiger charge is -2.30. The molecule has 16 heavy (non-hydrogen) atoms. The van der Waals surface area contributed by atoms with Crippen LogP contribution in [0.5, 0.6) is 0 Å². The Balaban J connectivity index is 2.17. The molecule has 1 saturated heterocycles. The second-order valence-corrected chi connectivity index (χ2v) is 6.07. The minimum atomic E-state index is -3.33. The van der Waals surface area contributed by atoms with Crippen molar-refractivity contribution in [2.45, 2.75) is 23.8 Å². The molecule has 1 unspecified atom stereocenters. The van der Waals surface area contributed by atoms with E-state index in [4.69, 9.17) is 0 Å². The van der Waals surface area contributed by atoms with Crippen LogP contribution in [-0.4, -0.2) is 43.9 Å². The van der Waals surface area contributed by atoms with E-state index in [9.17, 15) is 8.42 Å². The lowest BCUT2D eigenvalue weighted by molar-refractivity contribution is 0.300. The van der Waals surface area contributed by atoms with Crippen LogP contribution in [0.4, 0.5) is 0 Å². The molecule has 0 aromatic carbocycles. The molecular formula is C10H17N3O2S. The Morgan fingerprint density at radius 3 is 2.88 bits per heavy atom. The Morgan fingerprint density at radius 2 is 2.31 bits per heavy atom. The summed E-state index contributed by atoms with van der Waals surface area (Å²) in [6.45, 7) is 1.72. The highest BCUT2D eigenvalue weighted by molar-refractivity contribution is 7.89. The van der Waals surface area contributed by atoms with Crippen LogP contribution >= 0.6 is 0 Å². The van der Waals surface area contributed by atoms with Crippen LogP contribution in [0.15, 0.2) is 23.4 Å².